The molecular formula is C9H10N2O. The third-order valence-corrected chi connectivity index (χ3v) is 1.72. The molecule has 0 unspecified atom stereocenters. The number of nitriles is 2. The lowest BCUT2D eigenvalue weighted by Crippen LogP contribution is -1.97. The van der Waals surface area contributed by atoms with Gasteiger partial charge in [0, 0.05) is 5.92 Å². The standard InChI is InChI=1S/C9H10N2O/c1-2-12-9(7-3-4-7)8(5-10)6-11/h7H,2-4H2,1H3. The predicted octanol–water partition coefficient (Wildman–Crippen LogP) is 1.73. The topological polar surface area (TPSA) is 56.8 Å². The van der Waals surface area contributed by atoms with Crippen LogP contribution in [0.4, 0.5) is 0 Å². The molecule has 0 aromatic carbocycles. The molecule has 0 bridgehead atoms. The van der Waals surface area contributed by atoms with Gasteiger partial charge in [0.1, 0.15) is 17.9 Å². The SMILES string of the molecule is CCOC(=C(C#N)C#N)C1CC1. The number of allylic oxidation sites excluding steroid dienone is 2. The summed E-state index contributed by atoms with van der Waals surface area (Å²) in [5.41, 5.74) is 0.138. The van der Waals surface area contributed by atoms with Crippen molar-refractivity contribution in [3.05, 3.63) is 11.3 Å². The Balaban J connectivity index is 2.82. The zero-order valence-electron chi connectivity index (χ0n) is 7.00. The van der Waals surface area contributed by atoms with Crippen LogP contribution in [0.3, 0.4) is 0 Å². The van der Waals surface area contributed by atoms with Gasteiger partial charge in [0.15, 0.2) is 5.57 Å². The molecule has 0 heterocycles. The predicted molar refractivity (Wildman–Crippen MR) is 42.6 cm³/mol. The molecule has 1 aliphatic carbocycles. The monoisotopic (exact) mass is 162 g/mol. The van der Waals surface area contributed by atoms with Gasteiger partial charge in [-0.05, 0) is 19.8 Å². The second kappa shape index (κ2) is 3.78. The highest BCUT2D eigenvalue weighted by molar-refractivity contribution is 5.39. The van der Waals surface area contributed by atoms with E-state index in [1.54, 1.807) is 0 Å². The molecule has 1 saturated carbocycles. The van der Waals surface area contributed by atoms with Gasteiger partial charge < -0.3 is 4.74 Å². The van der Waals surface area contributed by atoms with E-state index in [-0.39, 0.29) is 5.57 Å². The summed E-state index contributed by atoms with van der Waals surface area (Å²) in [6.45, 7) is 2.38. The molecule has 0 N–H and O–H groups in total. The Kier molecular flexibility index (Phi) is 2.71. The maximum absolute atomic E-state index is 8.59. The maximum Gasteiger partial charge on any atom is 0.167 e. The Labute approximate surface area is 71.9 Å². The first kappa shape index (κ1) is 8.62. The van der Waals surface area contributed by atoms with Gasteiger partial charge in [0.25, 0.3) is 0 Å². The van der Waals surface area contributed by atoms with Crippen molar-refractivity contribution < 1.29 is 4.74 Å². The Bertz CT molecular complexity index is 260. The van der Waals surface area contributed by atoms with Crippen LogP contribution >= 0.6 is 0 Å². The summed E-state index contributed by atoms with van der Waals surface area (Å²) in [7, 11) is 0. The normalized spacial score (nSPS) is 14.2. The van der Waals surface area contributed by atoms with Gasteiger partial charge in [0.05, 0.1) is 6.61 Å². The molecule has 0 aromatic heterocycles. The van der Waals surface area contributed by atoms with E-state index >= 15 is 0 Å². The smallest absolute Gasteiger partial charge is 0.167 e. The van der Waals surface area contributed by atoms with Gasteiger partial charge in [-0.15, -0.1) is 0 Å². The molecule has 62 valence electrons. The molecule has 0 saturated heterocycles. The number of rotatable bonds is 3. The number of nitrogens with zero attached hydrogens (tertiary/aromatic N) is 2. The van der Waals surface area contributed by atoms with Crippen LogP contribution in [-0.2, 0) is 4.74 Å². The van der Waals surface area contributed by atoms with Gasteiger partial charge in [-0.25, -0.2) is 0 Å². The van der Waals surface area contributed by atoms with Crippen LogP contribution < -0.4 is 0 Å². The third-order valence-electron chi connectivity index (χ3n) is 1.72. The summed E-state index contributed by atoms with van der Waals surface area (Å²) >= 11 is 0. The van der Waals surface area contributed by atoms with Crippen molar-refractivity contribution in [3.63, 3.8) is 0 Å². The fourth-order valence-corrected chi connectivity index (χ4v) is 1.03. The van der Waals surface area contributed by atoms with Crippen molar-refractivity contribution in [2.24, 2.45) is 5.92 Å². The maximum atomic E-state index is 8.59. The molecule has 1 rings (SSSR count). The van der Waals surface area contributed by atoms with E-state index in [4.69, 9.17) is 15.3 Å². The molecule has 1 fully saturated rings. The van der Waals surface area contributed by atoms with Crippen molar-refractivity contribution in [2.75, 3.05) is 6.61 Å². The fraction of sp³-hybridized carbons (Fsp3) is 0.556. The van der Waals surface area contributed by atoms with E-state index in [0.717, 1.165) is 12.8 Å². The summed E-state index contributed by atoms with van der Waals surface area (Å²) in [4.78, 5) is 0. The Morgan fingerprint density at radius 2 is 2.00 bits per heavy atom. The van der Waals surface area contributed by atoms with Gasteiger partial charge in [0.2, 0.25) is 0 Å². The van der Waals surface area contributed by atoms with Crippen molar-refractivity contribution in [3.8, 4) is 12.1 Å². The van der Waals surface area contributed by atoms with Crippen LogP contribution in [0.1, 0.15) is 19.8 Å². The van der Waals surface area contributed by atoms with E-state index in [1.807, 2.05) is 19.1 Å². The van der Waals surface area contributed by atoms with Gasteiger partial charge in [-0.2, -0.15) is 10.5 Å². The zero-order chi connectivity index (χ0) is 8.97. The lowest BCUT2D eigenvalue weighted by Gasteiger charge is -2.05. The Hall–Kier alpha value is -1.48. The minimum Gasteiger partial charge on any atom is -0.496 e. The first-order chi connectivity index (χ1) is 5.83. The van der Waals surface area contributed by atoms with Crippen LogP contribution in [0.15, 0.2) is 11.3 Å². The fourth-order valence-electron chi connectivity index (χ4n) is 1.03. The van der Waals surface area contributed by atoms with Crippen molar-refractivity contribution in [1.29, 1.82) is 10.5 Å². The molecular weight excluding hydrogens is 152 g/mol. The van der Waals surface area contributed by atoms with Crippen molar-refractivity contribution in [1.82, 2.24) is 0 Å². The number of hydrogen-bond acceptors (Lipinski definition) is 3. The highest BCUT2D eigenvalue weighted by Crippen LogP contribution is 2.38. The lowest BCUT2D eigenvalue weighted by molar-refractivity contribution is 0.211. The molecule has 0 radical (unpaired) electrons. The Morgan fingerprint density at radius 3 is 2.33 bits per heavy atom. The summed E-state index contributed by atoms with van der Waals surface area (Å²) in [6.07, 6.45) is 2.09. The molecule has 3 heteroatoms. The van der Waals surface area contributed by atoms with E-state index in [0.29, 0.717) is 18.3 Å². The summed E-state index contributed by atoms with van der Waals surface area (Å²) in [6, 6.07) is 3.70. The van der Waals surface area contributed by atoms with Gasteiger partial charge >= 0.3 is 0 Å². The zero-order valence-corrected chi connectivity index (χ0v) is 7.00. The quantitative estimate of drug-likeness (QED) is 0.469. The van der Waals surface area contributed by atoms with Crippen LogP contribution in [0.2, 0.25) is 0 Å². The molecule has 0 aliphatic heterocycles. The van der Waals surface area contributed by atoms with Crippen LogP contribution in [0.5, 0.6) is 0 Å². The van der Waals surface area contributed by atoms with Crippen molar-refractivity contribution in [2.45, 2.75) is 19.8 Å². The van der Waals surface area contributed by atoms with Crippen LogP contribution in [0, 0.1) is 28.6 Å². The van der Waals surface area contributed by atoms with Crippen molar-refractivity contribution >= 4 is 0 Å². The van der Waals surface area contributed by atoms with E-state index in [9.17, 15) is 0 Å². The Morgan fingerprint density at radius 1 is 1.42 bits per heavy atom. The van der Waals surface area contributed by atoms with Gasteiger partial charge in [-0.3, -0.25) is 0 Å². The van der Waals surface area contributed by atoms with E-state index in [2.05, 4.69) is 0 Å². The third kappa shape index (κ3) is 1.77. The molecule has 12 heavy (non-hydrogen) atoms. The minimum absolute atomic E-state index is 0.138. The van der Waals surface area contributed by atoms with Crippen LogP contribution in [0.25, 0.3) is 0 Å². The average Bonchev–Trinajstić information content (AvgIpc) is 2.88. The minimum atomic E-state index is 0.138. The lowest BCUT2D eigenvalue weighted by atomic mass is 10.2. The highest BCUT2D eigenvalue weighted by atomic mass is 16.5. The molecule has 0 spiro atoms. The summed E-state index contributed by atoms with van der Waals surface area (Å²) in [5.74, 6) is 0.932. The second-order valence-electron chi connectivity index (χ2n) is 2.67. The van der Waals surface area contributed by atoms with E-state index in [1.165, 1.54) is 0 Å². The molecule has 3 nitrogen and oxygen atoms in total. The number of ether oxygens (including phenoxy) is 1. The highest BCUT2D eigenvalue weighted by Gasteiger charge is 2.30. The largest absolute Gasteiger partial charge is 0.496 e. The molecule has 1 aliphatic rings. The first-order valence-electron chi connectivity index (χ1n) is 4.00. The molecule has 0 atom stereocenters. The summed E-state index contributed by atoms with van der Waals surface area (Å²) < 4.78 is 5.24. The summed E-state index contributed by atoms with van der Waals surface area (Å²) in [5, 5.41) is 17.2. The van der Waals surface area contributed by atoms with Crippen LogP contribution in [-0.4, -0.2) is 6.61 Å². The average molecular weight is 162 g/mol. The van der Waals surface area contributed by atoms with E-state index < -0.39 is 0 Å². The first-order valence-corrected chi connectivity index (χ1v) is 4.00. The molecule has 0 amide bonds. The second-order valence-corrected chi connectivity index (χ2v) is 2.67. The van der Waals surface area contributed by atoms with Gasteiger partial charge in [-0.1, -0.05) is 0 Å². The molecule has 0 aromatic rings. The number of hydrogen-bond donors (Lipinski definition) is 0.